The highest BCUT2D eigenvalue weighted by molar-refractivity contribution is 6.33. The van der Waals surface area contributed by atoms with E-state index in [1.807, 2.05) is 37.3 Å². The quantitative estimate of drug-likeness (QED) is 0.514. The first-order chi connectivity index (χ1) is 15.0. The number of fused-ring (bicyclic) bond motifs is 1. The number of hydrogen-bond donors (Lipinski definition) is 3. The molecule has 4 rings (SSSR count). The number of carbonyl (C=O) groups excluding carboxylic acids is 2. The first kappa shape index (κ1) is 20.7. The van der Waals surface area contributed by atoms with Crippen molar-refractivity contribution in [2.75, 3.05) is 5.43 Å². The second-order valence-electron chi connectivity index (χ2n) is 7.13. The van der Waals surface area contributed by atoms with Crippen LogP contribution in [-0.2, 0) is 6.42 Å². The molecule has 1 aromatic heterocycles. The number of para-hydroxylation sites is 1. The summed E-state index contributed by atoms with van der Waals surface area (Å²) in [5.41, 5.74) is 11.3. The van der Waals surface area contributed by atoms with E-state index in [-0.39, 0.29) is 11.7 Å². The Morgan fingerprint density at radius 1 is 1.00 bits per heavy atom. The van der Waals surface area contributed by atoms with Gasteiger partial charge in [0.25, 0.3) is 5.91 Å². The van der Waals surface area contributed by atoms with E-state index in [0.29, 0.717) is 40.5 Å². The number of hydrazone groups is 1. The molecule has 0 bridgehead atoms. The fourth-order valence-electron chi connectivity index (χ4n) is 3.53. The van der Waals surface area contributed by atoms with Crippen molar-refractivity contribution >= 4 is 34.8 Å². The van der Waals surface area contributed by atoms with Gasteiger partial charge in [0, 0.05) is 17.5 Å². The normalized spacial score (nSPS) is 14.1. The van der Waals surface area contributed by atoms with Crippen LogP contribution in [0.1, 0.15) is 50.6 Å². The maximum absolute atomic E-state index is 12.7. The Kier molecular flexibility index (Phi) is 6.04. The van der Waals surface area contributed by atoms with Gasteiger partial charge in [-0.15, -0.1) is 0 Å². The Morgan fingerprint density at radius 3 is 2.52 bits per heavy atom. The van der Waals surface area contributed by atoms with Crippen molar-refractivity contribution < 1.29 is 14.0 Å². The summed E-state index contributed by atoms with van der Waals surface area (Å²) >= 11 is 6.08. The molecule has 0 radical (unpaired) electrons. The predicted molar refractivity (Wildman–Crippen MR) is 119 cm³/mol. The largest absolute Gasteiger partial charge is 0.455 e. The van der Waals surface area contributed by atoms with Crippen LogP contribution in [0.3, 0.4) is 0 Å². The molecule has 1 heterocycles. The van der Waals surface area contributed by atoms with Gasteiger partial charge in [-0.05, 0) is 44.0 Å². The number of amides is 2. The minimum absolute atomic E-state index is 0.223. The molecule has 2 aromatic carbocycles. The Bertz CT molecular complexity index is 1150. The molecule has 0 spiro atoms. The molecule has 0 fully saturated rings. The van der Waals surface area contributed by atoms with E-state index in [9.17, 15) is 9.59 Å². The Morgan fingerprint density at radius 2 is 1.74 bits per heavy atom. The van der Waals surface area contributed by atoms with Crippen LogP contribution in [0.2, 0.25) is 5.02 Å². The number of hydrazine groups is 1. The molecule has 31 heavy (non-hydrogen) atoms. The second kappa shape index (κ2) is 9.06. The lowest BCUT2D eigenvalue weighted by atomic mass is 9.93. The zero-order valence-corrected chi connectivity index (χ0v) is 17.6. The molecule has 8 heteroatoms. The van der Waals surface area contributed by atoms with E-state index in [2.05, 4.69) is 21.4 Å². The number of nitrogens with zero attached hydrogens (tertiary/aromatic N) is 1. The van der Waals surface area contributed by atoms with E-state index < -0.39 is 5.91 Å². The second-order valence-corrected chi connectivity index (χ2v) is 7.54. The zero-order valence-electron chi connectivity index (χ0n) is 16.9. The van der Waals surface area contributed by atoms with Crippen molar-refractivity contribution in [2.45, 2.75) is 26.2 Å². The summed E-state index contributed by atoms with van der Waals surface area (Å²) in [5.74, 6) is 0.145. The summed E-state index contributed by atoms with van der Waals surface area (Å²) in [4.78, 5) is 25.1. The van der Waals surface area contributed by atoms with E-state index >= 15 is 0 Å². The monoisotopic (exact) mass is 436 g/mol. The molecular formula is C23H21ClN4O3. The summed E-state index contributed by atoms with van der Waals surface area (Å²) in [7, 11) is 0. The van der Waals surface area contributed by atoms with Crippen LogP contribution in [0.5, 0.6) is 0 Å². The Hall–Kier alpha value is -3.58. The number of aryl methyl sites for hydroxylation is 1. The third-order valence-corrected chi connectivity index (χ3v) is 5.37. The van der Waals surface area contributed by atoms with E-state index in [4.69, 9.17) is 16.0 Å². The van der Waals surface area contributed by atoms with Crippen LogP contribution < -0.4 is 16.3 Å². The van der Waals surface area contributed by atoms with Gasteiger partial charge in [-0.1, -0.05) is 41.9 Å². The van der Waals surface area contributed by atoms with Crippen LogP contribution in [0.25, 0.3) is 0 Å². The van der Waals surface area contributed by atoms with Crippen LogP contribution in [0.15, 0.2) is 64.1 Å². The lowest BCUT2D eigenvalue weighted by Crippen LogP contribution is -2.29. The molecule has 1 aliphatic carbocycles. The van der Waals surface area contributed by atoms with Crippen molar-refractivity contribution in [3.63, 3.8) is 0 Å². The minimum atomic E-state index is -0.392. The molecule has 0 unspecified atom stereocenters. The third-order valence-electron chi connectivity index (χ3n) is 5.04. The van der Waals surface area contributed by atoms with Gasteiger partial charge in [0.05, 0.1) is 22.0 Å². The molecule has 158 valence electrons. The fraction of sp³-hybridized carbons (Fsp3) is 0.174. The topological polar surface area (TPSA) is 95.7 Å². The van der Waals surface area contributed by atoms with Crippen molar-refractivity contribution in [3.8, 4) is 0 Å². The molecule has 7 nitrogen and oxygen atoms in total. The standard InChI is InChI=1S/C23H21ClN4O3/c1-14-20-18(26-27-22(29)16-10-5-6-11-17(16)24)12-7-13-19(20)31-21(14)23(30)28-25-15-8-3-2-4-9-15/h2-6,8-11,25H,7,12-13H2,1H3,(H,27,29)(H,28,30)/b26-18+. The number of carbonyl (C=O) groups is 2. The minimum Gasteiger partial charge on any atom is -0.455 e. The molecule has 3 N–H and O–H groups in total. The van der Waals surface area contributed by atoms with Gasteiger partial charge in [0.2, 0.25) is 0 Å². The molecule has 0 saturated carbocycles. The number of halogens is 1. The van der Waals surface area contributed by atoms with Gasteiger partial charge in [-0.2, -0.15) is 5.10 Å². The van der Waals surface area contributed by atoms with Crippen molar-refractivity contribution in [1.82, 2.24) is 10.9 Å². The summed E-state index contributed by atoms with van der Waals surface area (Å²) in [6.07, 6.45) is 2.18. The maximum Gasteiger partial charge on any atom is 0.305 e. The van der Waals surface area contributed by atoms with E-state index in [0.717, 1.165) is 17.7 Å². The molecule has 1 aliphatic rings. The van der Waals surface area contributed by atoms with Crippen molar-refractivity contribution in [3.05, 3.63) is 87.8 Å². The van der Waals surface area contributed by atoms with Crippen molar-refractivity contribution in [2.24, 2.45) is 5.10 Å². The smallest absolute Gasteiger partial charge is 0.305 e. The highest BCUT2D eigenvalue weighted by Crippen LogP contribution is 2.30. The van der Waals surface area contributed by atoms with Gasteiger partial charge >= 0.3 is 5.91 Å². The lowest BCUT2D eigenvalue weighted by molar-refractivity contribution is 0.0930. The third kappa shape index (κ3) is 4.46. The maximum atomic E-state index is 12.7. The van der Waals surface area contributed by atoms with Gasteiger partial charge in [0.1, 0.15) is 5.76 Å². The Labute approximate surface area is 184 Å². The van der Waals surface area contributed by atoms with Crippen molar-refractivity contribution in [1.29, 1.82) is 0 Å². The number of anilines is 1. The van der Waals surface area contributed by atoms with Crippen LogP contribution in [0.4, 0.5) is 5.69 Å². The van der Waals surface area contributed by atoms with Crippen LogP contribution in [0, 0.1) is 6.92 Å². The predicted octanol–water partition coefficient (Wildman–Crippen LogP) is 4.47. The van der Waals surface area contributed by atoms with E-state index in [1.54, 1.807) is 24.3 Å². The Balaban J connectivity index is 1.52. The summed E-state index contributed by atoms with van der Waals surface area (Å²) in [6, 6.07) is 16.1. The number of nitrogens with one attached hydrogen (secondary N) is 3. The number of rotatable bonds is 5. The zero-order chi connectivity index (χ0) is 21.8. The first-order valence-electron chi connectivity index (χ1n) is 9.90. The number of hydrogen-bond acceptors (Lipinski definition) is 5. The SMILES string of the molecule is Cc1c(C(=O)NNc2ccccc2)oc2c1/C(=N/NC(=O)c1ccccc1Cl)CCC2. The van der Waals surface area contributed by atoms with Gasteiger partial charge in [-0.3, -0.25) is 20.4 Å². The molecular weight excluding hydrogens is 416 g/mol. The average Bonchev–Trinajstić information content (AvgIpc) is 3.14. The van der Waals surface area contributed by atoms with E-state index in [1.165, 1.54) is 0 Å². The van der Waals surface area contributed by atoms with Gasteiger partial charge < -0.3 is 4.42 Å². The fourth-order valence-corrected chi connectivity index (χ4v) is 3.75. The highest BCUT2D eigenvalue weighted by atomic mass is 35.5. The first-order valence-corrected chi connectivity index (χ1v) is 10.3. The average molecular weight is 437 g/mol. The molecule has 0 aliphatic heterocycles. The number of furan rings is 1. The summed E-state index contributed by atoms with van der Waals surface area (Å²) < 4.78 is 5.86. The van der Waals surface area contributed by atoms with Crippen LogP contribution >= 0.6 is 11.6 Å². The highest BCUT2D eigenvalue weighted by Gasteiger charge is 2.28. The van der Waals surface area contributed by atoms with Gasteiger partial charge in [-0.25, -0.2) is 5.43 Å². The summed E-state index contributed by atoms with van der Waals surface area (Å²) in [5, 5.41) is 4.68. The molecule has 0 saturated heterocycles. The molecule has 2 amide bonds. The van der Waals surface area contributed by atoms with Crippen LogP contribution in [-0.4, -0.2) is 17.5 Å². The molecule has 3 aromatic rings. The molecule has 0 atom stereocenters. The summed E-state index contributed by atoms with van der Waals surface area (Å²) in [6.45, 7) is 1.82. The number of benzene rings is 2. The lowest BCUT2D eigenvalue weighted by Gasteiger charge is -2.13. The van der Waals surface area contributed by atoms with Gasteiger partial charge in [0.15, 0.2) is 5.76 Å².